The van der Waals surface area contributed by atoms with Gasteiger partial charge in [0, 0.05) is 10.6 Å². The molecule has 0 atom stereocenters. The first-order chi connectivity index (χ1) is 7.00. The van der Waals surface area contributed by atoms with Crippen LogP contribution in [0, 0.1) is 0 Å². The number of benzene rings is 1. The SMILES string of the molecule is C/C(=N\NC(N)=S)c1ccc(Cl)cc1Cl. The molecule has 1 aromatic rings. The Labute approximate surface area is 103 Å². The topological polar surface area (TPSA) is 50.4 Å². The standard InChI is InChI=1S/C9H9Cl2N3S/c1-5(13-14-9(12)15)7-3-2-6(10)4-8(7)11/h2-4H,1H3,(H3,12,14,15)/b13-5+. The molecule has 0 radical (unpaired) electrons. The molecule has 3 N–H and O–H groups in total. The zero-order chi connectivity index (χ0) is 11.4. The third-order valence-corrected chi connectivity index (χ3v) is 2.29. The van der Waals surface area contributed by atoms with Gasteiger partial charge < -0.3 is 5.73 Å². The van der Waals surface area contributed by atoms with Crippen LogP contribution in [0.3, 0.4) is 0 Å². The highest BCUT2D eigenvalue weighted by atomic mass is 35.5. The Morgan fingerprint density at radius 3 is 2.67 bits per heavy atom. The highest BCUT2D eigenvalue weighted by Gasteiger charge is 2.04. The molecule has 1 aromatic carbocycles. The van der Waals surface area contributed by atoms with Crippen LogP contribution in [0.25, 0.3) is 0 Å². The van der Waals surface area contributed by atoms with E-state index < -0.39 is 0 Å². The largest absolute Gasteiger partial charge is 0.375 e. The molecule has 6 heteroatoms. The van der Waals surface area contributed by atoms with Crippen molar-refractivity contribution < 1.29 is 0 Å². The van der Waals surface area contributed by atoms with Gasteiger partial charge in [0.15, 0.2) is 5.11 Å². The predicted molar refractivity (Wildman–Crippen MR) is 68.6 cm³/mol. The molecule has 0 aliphatic rings. The third-order valence-electron chi connectivity index (χ3n) is 1.65. The average molecular weight is 262 g/mol. The van der Waals surface area contributed by atoms with Gasteiger partial charge in [-0.15, -0.1) is 0 Å². The van der Waals surface area contributed by atoms with Crippen LogP contribution >= 0.6 is 35.4 Å². The molecule has 3 nitrogen and oxygen atoms in total. The van der Waals surface area contributed by atoms with Gasteiger partial charge >= 0.3 is 0 Å². The molecule has 80 valence electrons. The monoisotopic (exact) mass is 261 g/mol. The minimum atomic E-state index is 0.111. The van der Waals surface area contributed by atoms with Gasteiger partial charge in [0.25, 0.3) is 0 Å². The van der Waals surface area contributed by atoms with Crippen molar-refractivity contribution in [1.29, 1.82) is 0 Å². The maximum atomic E-state index is 5.98. The minimum Gasteiger partial charge on any atom is -0.375 e. The number of nitrogens with one attached hydrogen (secondary N) is 1. The molecule has 15 heavy (non-hydrogen) atoms. The zero-order valence-corrected chi connectivity index (χ0v) is 10.2. The molecule has 0 heterocycles. The first-order valence-electron chi connectivity index (χ1n) is 4.06. The summed E-state index contributed by atoms with van der Waals surface area (Å²) in [6, 6.07) is 5.17. The van der Waals surface area contributed by atoms with Crippen LogP contribution in [0.1, 0.15) is 12.5 Å². The first-order valence-corrected chi connectivity index (χ1v) is 5.22. The molecular formula is C9H9Cl2N3S. The third kappa shape index (κ3) is 3.66. The predicted octanol–water partition coefficient (Wildman–Crippen LogP) is 2.55. The number of rotatable bonds is 2. The van der Waals surface area contributed by atoms with Crippen LogP contribution in [0.2, 0.25) is 10.0 Å². The van der Waals surface area contributed by atoms with Crippen molar-refractivity contribution in [2.75, 3.05) is 0 Å². The number of nitrogens with zero attached hydrogens (tertiary/aromatic N) is 1. The minimum absolute atomic E-state index is 0.111. The van der Waals surface area contributed by atoms with Crippen LogP contribution in [0.5, 0.6) is 0 Å². The van der Waals surface area contributed by atoms with E-state index >= 15 is 0 Å². The second-order valence-electron chi connectivity index (χ2n) is 2.80. The molecule has 1 rings (SSSR count). The fraction of sp³-hybridized carbons (Fsp3) is 0.111. The second-order valence-corrected chi connectivity index (χ2v) is 4.08. The van der Waals surface area contributed by atoms with E-state index in [0.717, 1.165) is 5.56 Å². The van der Waals surface area contributed by atoms with Crippen LogP contribution in [0.15, 0.2) is 23.3 Å². The van der Waals surface area contributed by atoms with Crippen molar-refractivity contribution in [3.05, 3.63) is 33.8 Å². The fourth-order valence-electron chi connectivity index (χ4n) is 0.982. The Morgan fingerprint density at radius 1 is 1.47 bits per heavy atom. The van der Waals surface area contributed by atoms with Crippen molar-refractivity contribution in [1.82, 2.24) is 5.43 Å². The fourth-order valence-corrected chi connectivity index (χ4v) is 1.57. The van der Waals surface area contributed by atoms with Crippen LogP contribution in [0.4, 0.5) is 0 Å². The summed E-state index contributed by atoms with van der Waals surface area (Å²) in [7, 11) is 0. The van der Waals surface area contributed by atoms with Gasteiger partial charge in [0.2, 0.25) is 0 Å². The van der Waals surface area contributed by atoms with E-state index in [4.69, 9.17) is 28.9 Å². The lowest BCUT2D eigenvalue weighted by Gasteiger charge is -2.04. The van der Waals surface area contributed by atoms with Crippen molar-refractivity contribution in [3.63, 3.8) is 0 Å². The average Bonchev–Trinajstić information content (AvgIpc) is 2.14. The molecular weight excluding hydrogens is 253 g/mol. The van der Waals surface area contributed by atoms with Crippen molar-refractivity contribution in [2.45, 2.75) is 6.92 Å². The molecule has 0 aliphatic carbocycles. The van der Waals surface area contributed by atoms with E-state index in [1.165, 1.54) is 0 Å². The van der Waals surface area contributed by atoms with E-state index in [2.05, 4.69) is 22.7 Å². The Balaban J connectivity index is 2.95. The summed E-state index contributed by atoms with van der Waals surface area (Å²) in [6.45, 7) is 1.79. The number of hydrogen-bond acceptors (Lipinski definition) is 2. The quantitative estimate of drug-likeness (QED) is 0.489. The molecule has 0 aliphatic heterocycles. The van der Waals surface area contributed by atoms with Crippen molar-refractivity contribution >= 4 is 46.2 Å². The summed E-state index contributed by atoms with van der Waals surface area (Å²) in [5.74, 6) is 0. The summed E-state index contributed by atoms with van der Waals surface area (Å²) in [6.07, 6.45) is 0. The lowest BCUT2D eigenvalue weighted by atomic mass is 10.1. The van der Waals surface area contributed by atoms with E-state index in [1.54, 1.807) is 25.1 Å². The normalized spacial score (nSPS) is 11.3. The summed E-state index contributed by atoms with van der Waals surface area (Å²) in [4.78, 5) is 0. The van der Waals surface area contributed by atoms with Crippen LogP contribution in [-0.4, -0.2) is 10.8 Å². The molecule has 0 spiro atoms. The number of halogens is 2. The van der Waals surface area contributed by atoms with Gasteiger partial charge in [-0.25, -0.2) is 0 Å². The Kier molecular flexibility index (Phi) is 4.32. The summed E-state index contributed by atoms with van der Waals surface area (Å²) in [5.41, 5.74) is 9.20. The van der Waals surface area contributed by atoms with Gasteiger partial charge in [-0.1, -0.05) is 29.3 Å². The van der Waals surface area contributed by atoms with Gasteiger partial charge in [-0.2, -0.15) is 5.10 Å². The molecule has 0 saturated heterocycles. The van der Waals surface area contributed by atoms with Crippen molar-refractivity contribution in [2.24, 2.45) is 10.8 Å². The number of hydrazone groups is 1. The van der Waals surface area contributed by atoms with E-state index in [-0.39, 0.29) is 5.11 Å². The van der Waals surface area contributed by atoms with E-state index in [9.17, 15) is 0 Å². The van der Waals surface area contributed by atoms with E-state index in [1.807, 2.05) is 0 Å². The van der Waals surface area contributed by atoms with Crippen LogP contribution < -0.4 is 11.2 Å². The summed E-state index contributed by atoms with van der Waals surface area (Å²) < 4.78 is 0. The highest BCUT2D eigenvalue weighted by molar-refractivity contribution is 7.80. The maximum absolute atomic E-state index is 5.98. The lowest BCUT2D eigenvalue weighted by Crippen LogP contribution is -2.25. The highest BCUT2D eigenvalue weighted by Crippen LogP contribution is 2.21. The Hall–Kier alpha value is -0.840. The smallest absolute Gasteiger partial charge is 0.184 e. The number of hydrogen-bond donors (Lipinski definition) is 2. The molecule has 0 bridgehead atoms. The Bertz CT molecular complexity index is 418. The van der Waals surface area contributed by atoms with Crippen molar-refractivity contribution in [3.8, 4) is 0 Å². The second kappa shape index (κ2) is 5.30. The first kappa shape index (κ1) is 12.2. The van der Waals surface area contributed by atoms with Gasteiger partial charge in [-0.3, -0.25) is 5.43 Å². The van der Waals surface area contributed by atoms with Gasteiger partial charge in [0.05, 0.1) is 10.7 Å². The van der Waals surface area contributed by atoms with Crippen LogP contribution in [-0.2, 0) is 0 Å². The molecule has 0 saturated carbocycles. The lowest BCUT2D eigenvalue weighted by molar-refractivity contribution is 1.03. The summed E-state index contributed by atoms with van der Waals surface area (Å²) >= 11 is 16.4. The number of thiocarbonyl (C=S) groups is 1. The molecule has 0 amide bonds. The molecule has 0 unspecified atom stereocenters. The number of nitrogens with two attached hydrogens (primary N) is 1. The maximum Gasteiger partial charge on any atom is 0.184 e. The molecule has 0 aromatic heterocycles. The zero-order valence-electron chi connectivity index (χ0n) is 7.92. The summed E-state index contributed by atoms with van der Waals surface area (Å²) in [5, 5.41) is 5.19. The molecule has 0 fully saturated rings. The van der Waals surface area contributed by atoms with E-state index in [0.29, 0.717) is 15.8 Å². The van der Waals surface area contributed by atoms with Gasteiger partial charge in [-0.05, 0) is 31.3 Å². The Morgan fingerprint density at radius 2 is 2.13 bits per heavy atom. The van der Waals surface area contributed by atoms with Gasteiger partial charge in [0.1, 0.15) is 0 Å².